The number of fused-ring (bicyclic) bond motifs is 1. The second-order valence-corrected chi connectivity index (χ2v) is 3.43. The predicted octanol–water partition coefficient (Wildman–Crippen LogP) is 3.66. The predicted molar refractivity (Wildman–Crippen MR) is 59.9 cm³/mol. The Morgan fingerprint density at radius 3 is 2.69 bits per heavy atom. The molecule has 0 spiro atoms. The standard InChI is InChI=1S/C8H7BrN2.C2H6/c1-5-7-3-2-6(9)4-8(7)11-10-5;1-2/h2-4H,1H3,(H,10,11);1-2H3. The highest BCUT2D eigenvalue weighted by Crippen LogP contribution is 2.19. The summed E-state index contributed by atoms with van der Waals surface area (Å²) < 4.78 is 1.07. The molecule has 70 valence electrons. The van der Waals surface area contributed by atoms with Gasteiger partial charge in [-0.25, -0.2) is 0 Å². The summed E-state index contributed by atoms with van der Waals surface area (Å²) in [6.07, 6.45) is 0. The number of aryl methyl sites for hydroxylation is 1. The van der Waals surface area contributed by atoms with Crippen LogP contribution in [0.1, 0.15) is 19.5 Å². The van der Waals surface area contributed by atoms with E-state index in [0.717, 1.165) is 15.7 Å². The van der Waals surface area contributed by atoms with E-state index in [2.05, 4.69) is 32.2 Å². The molecule has 0 amide bonds. The summed E-state index contributed by atoms with van der Waals surface area (Å²) in [5.74, 6) is 0. The summed E-state index contributed by atoms with van der Waals surface area (Å²) in [4.78, 5) is 0. The average molecular weight is 241 g/mol. The van der Waals surface area contributed by atoms with E-state index in [9.17, 15) is 0 Å². The second kappa shape index (κ2) is 4.42. The van der Waals surface area contributed by atoms with E-state index in [1.807, 2.05) is 32.9 Å². The maximum Gasteiger partial charge on any atom is 0.0934 e. The van der Waals surface area contributed by atoms with Gasteiger partial charge in [-0.3, -0.25) is 5.10 Å². The van der Waals surface area contributed by atoms with Crippen molar-refractivity contribution in [1.82, 2.24) is 10.2 Å². The number of H-pyrrole nitrogens is 1. The van der Waals surface area contributed by atoms with Gasteiger partial charge in [0, 0.05) is 15.6 Å². The van der Waals surface area contributed by atoms with Gasteiger partial charge in [0.1, 0.15) is 0 Å². The molecule has 0 fully saturated rings. The number of halogens is 1. The van der Waals surface area contributed by atoms with Crippen molar-refractivity contribution in [3.8, 4) is 0 Å². The average Bonchev–Trinajstić information content (AvgIpc) is 2.51. The first-order chi connectivity index (χ1) is 6.27. The Hall–Kier alpha value is -0.830. The summed E-state index contributed by atoms with van der Waals surface area (Å²) in [6.45, 7) is 6.02. The van der Waals surface area contributed by atoms with E-state index in [-0.39, 0.29) is 0 Å². The van der Waals surface area contributed by atoms with Gasteiger partial charge in [0.2, 0.25) is 0 Å². The zero-order valence-corrected chi connectivity index (χ0v) is 9.64. The van der Waals surface area contributed by atoms with Crippen LogP contribution in [0, 0.1) is 6.92 Å². The Bertz CT molecular complexity index is 393. The minimum absolute atomic E-state index is 1.01. The molecule has 0 saturated carbocycles. The maximum absolute atomic E-state index is 4.12. The highest BCUT2D eigenvalue weighted by Gasteiger charge is 1.99. The lowest BCUT2D eigenvalue weighted by Gasteiger charge is -1.89. The van der Waals surface area contributed by atoms with Crippen LogP contribution in [0.15, 0.2) is 22.7 Å². The van der Waals surface area contributed by atoms with Crippen LogP contribution >= 0.6 is 15.9 Å². The molecule has 0 radical (unpaired) electrons. The molecule has 2 rings (SSSR count). The zero-order chi connectivity index (χ0) is 9.84. The van der Waals surface area contributed by atoms with Crippen molar-refractivity contribution >= 4 is 26.8 Å². The van der Waals surface area contributed by atoms with Gasteiger partial charge < -0.3 is 0 Å². The van der Waals surface area contributed by atoms with E-state index in [1.54, 1.807) is 0 Å². The molecule has 0 aliphatic heterocycles. The smallest absolute Gasteiger partial charge is 0.0934 e. The first-order valence-corrected chi connectivity index (χ1v) is 5.17. The Kier molecular flexibility index (Phi) is 3.48. The summed E-state index contributed by atoms with van der Waals surface area (Å²) in [6, 6.07) is 6.07. The summed E-state index contributed by atoms with van der Waals surface area (Å²) >= 11 is 3.39. The molecule has 1 heterocycles. The molecule has 13 heavy (non-hydrogen) atoms. The number of aromatic amines is 1. The molecule has 1 aromatic carbocycles. The number of aromatic nitrogens is 2. The highest BCUT2D eigenvalue weighted by molar-refractivity contribution is 9.10. The molecule has 3 heteroatoms. The Balaban J connectivity index is 0.000000396. The van der Waals surface area contributed by atoms with Crippen LogP contribution in [0.2, 0.25) is 0 Å². The fourth-order valence-electron chi connectivity index (χ4n) is 1.12. The highest BCUT2D eigenvalue weighted by atomic mass is 79.9. The second-order valence-electron chi connectivity index (χ2n) is 2.51. The van der Waals surface area contributed by atoms with Crippen LogP contribution in [-0.4, -0.2) is 10.2 Å². The molecular formula is C10H13BrN2. The van der Waals surface area contributed by atoms with Crippen LogP contribution in [0.4, 0.5) is 0 Å². The van der Waals surface area contributed by atoms with Crippen molar-refractivity contribution in [3.63, 3.8) is 0 Å². The lowest BCUT2D eigenvalue weighted by Crippen LogP contribution is -1.68. The molecule has 0 aliphatic rings. The van der Waals surface area contributed by atoms with E-state index < -0.39 is 0 Å². The number of rotatable bonds is 0. The molecule has 2 aromatic rings. The molecular weight excluding hydrogens is 228 g/mol. The SMILES string of the molecule is CC.Cc1[nH]nc2cc(Br)ccc12. The molecule has 0 aliphatic carbocycles. The van der Waals surface area contributed by atoms with Gasteiger partial charge in [0.25, 0.3) is 0 Å². The third kappa shape index (κ3) is 2.10. The summed E-state index contributed by atoms with van der Waals surface area (Å²) in [5, 5.41) is 8.25. The summed E-state index contributed by atoms with van der Waals surface area (Å²) in [7, 11) is 0. The van der Waals surface area contributed by atoms with Gasteiger partial charge >= 0.3 is 0 Å². The van der Waals surface area contributed by atoms with Crippen LogP contribution in [-0.2, 0) is 0 Å². The minimum atomic E-state index is 1.01. The van der Waals surface area contributed by atoms with Crippen molar-refractivity contribution in [3.05, 3.63) is 28.4 Å². The fraction of sp³-hybridized carbons (Fsp3) is 0.300. The van der Waals surface area contributed by atoms with Crippen molar-refractivity contribution < 1.29 is 0 Å². The van der Waals surface area contributed by atoms with Crippen LogP contribution in [0.25, 0.3) is 10.9 Å². The zero-order valence-electron chi connectivity index (χ0n) is 8.06. The van der Waals surface area contributed by atoms with Crippen LogP contribution in [0.5, 0.6) is 0 Å². The quantitative estimate of drug-likeness (QED) is 0.749. The molecule has 0 unspecified atom stereocenters. The van der Waals surface area contributed by atoms with Crippen LogP contribution < -0.4 is 0 Å². The first kappa shape index (κ1) is 10.3. The van der Waals surface area contributed by atoms with E-state index >= 15 is 0 Å². The number of benzene rings is 1. The van der Waals surface area contributed by atoms with E-state index in [0.29, 0.717) is 0 Å². The van der Waals surface area contributed by atoms with Crippen molar-refractivity contribution in [1.29, 1.82) is 0 Å². The van der Waals surface area contributed by atoms with Gasteiger partial charge in [-0.05, 0) is 25.1 Å². The lowest BCUT2D eigenvalue weighted by atomic mass is 10.2. The van der Waals surface area contributed by atoms with Gasteiger partial charge in [-0.15, -0.1) is 0 Å². The number of nitrogens with one attached hydrogen (secondary N) is 1. The summed E-state index contributed by atoms with van der Waals surface area (Å²) in [5.41, 5.74) is 2.13. The molecule has 0 saturated heterocycles. The molecule has 0 bridgehead atoms. The van der Waals surface area contributed by atoms with Crippen molar-refractivity contribution in [2.75, 3.05) is 0 Å². The lowest BCUT2D eigenvalue weighted by molar-refractivity contribution is 1.07. The molecule has 1 aromatic heterocycles. The van der Waals surface area contributed by atoms with Crippen molar-refractivity contribution in [2.24, 2.45) is 0 Å². The Labute approximate surface area is 86.5 Å². The molecule has 0 atom stereocenters. The monoisotopic (exact) mass is 240 g/mol. The third-order valence-corrected chi connectivity index (χ3v) is 2.20. The van der Waals surface area contributed by atoms with Gasteiger partial charge in [-0.2, -0.15) is 5.10 Å². The van der Waals surface area contributed by atoms with Crippen LogP contribution in [0.3, 0.4) is 0 Å². The largest absolute Gasteiger partial charge is 0.282 e. The molecule has 2 nitrogen and oxygen atoms in total. The van der Waals surface area contributed by atoms with Gasteiger partial charge in [0.15, 0.2) is 0 Å². The Morgan fingerprint density at radius 1 is 1.31 bits per heavy atom. The van der Waals surface area contributed by atoms with Gasteiger partial charge in [-0.1, -0.05) is 29.8 Å². The minimum Gasteiger partial charge on any atom is -0.282 e. The first-order valence-electron chi connectivity index (χ1n) is 4.37. The van der Waals surface area contributed by atoms with Gasteiger partial charge in [0.05, 0.1) is 5.52 Å². The fourth-order valence-corrected chi connectivity index (χ4v) is 1.47. The number of hydrogen-bond donors (Lipinski definition) is 1. The van der Waals surface area contributed by atoms with Crippen molar-refractivity contribution in [2.45, 2.75) is 20.8 Å². The topological polar surface area (TPSA) is 28.7 Å². The number of nitrogens with zero attached hydrogens (tertiary/aromatic N) is 1. The Morgan fingerprint density at radius 2 is 2.00 bits per heavy atom. The molecule has 1 N–H and O–H groups in total. The van der Waals surface area contributed by atoms with E-state index in [1.165, 1.54) is 5.39 Å². The normalized spacial score (nSPS) is 9.54. The number of hydrogen-bond acceptors (Lipinski definition) is 1. The third-order valence-electron chi connectivity index (χ3n) is 1.71. The maximum atomic E-state index is 4.12. The van der Waals surface area contributed by atoms with E-state index in [4.69, 9.17) is 0 Å².